The highest BCUT2D eigenvalue weighted by atomic mass is 35.5. The van der Waals surface area contributed by atoms with Crippen molar-refractivity contribution in [3.05, 3.63) is 23.2 Å². The maximum absolute atomic E-state index is 12.6. The van der Waals surface area contributed by atoms with Crippen LogP contribution in [0.5, 0.6) is 5.75 Å². The van der Waals surface area contributed by atoms with Gasteiger partial charge in [0.25, 0.3) is 11.8 Å². The van der Waals surface area contributed by atoms with E-state index in [1.807, 2.05) is 14.0 Å². The number of carbonyl (C=O) groups is 2. The standard InChI is InChI=1S/C20H30ClN3O3/c1-13-7-5-6-8-16(13)23-20(26)14(2)24(3)12-19(25)22-17-11-15(21)9-10-18(17)27-4/h9-11,13-14,16H,5-8,12H2,1-4H3,(H,22,25)(H,23,26)/p+1/t13-,14-,16-/m1/s1. The zero-order chi connectivity index (χ0) is 20.0. The summed E-state index contributed by atoms with van der Waals surface area (Å²) < 4.78 is 5.24. The Labute approximate surface area is 166 Å². The molecule has 1 aliphatic rings. The van der Waals surface area contributed by atoms with Gasteiger partial charge in [0.05, 0.1) is 19.8 Å². The van der Waals surface area contributed by atoms with E-state index < -0.39 is 0 Å². The number of nitrogens with one attached hydrogen (secondary N) is 3. The van der Waals surface area contributed by atoms with Gasteiger partial charge in [0.2, 0.25) is 0 Å². The lowest BCUT2D eigenvalue weighted by atomic mass is 9.86. The Bertz CT molecular complexity index is 668. The fraction of sp³-hybridized carbons (Fsp3) is 0.600. The Morgan fingerprint density at radius 3 is 2.70 bits per heavy atom. The van der Waals surface area contributed by atoms with Gasteiger partial charge in [-0.3, -0.25) is 9.59 Å². The van der Waals surface area contributed by atoms with E-state index in [1.165, 1.54) is 13.5 Å². The minimum absolute atomic E-state index is 0.000568. The van der Waals surface area contributed by atoms with E-state index in [4.69, 9.17) is 16.3 Å². The minimum Gasteiger partial charge on any atom is -0.495 e. The highest BCUT2D eigenvalue weighted by Crippen LogP contribution is 2.27. The molecule has 0 bridgehead atoms. The Balaban J connectivity index is 1.89. The van der Waals surface area contributed by atoms with Crippen LogP contribution in [0.25, 0.3) is 0 Å². The van der Waals surface area contributed by atoms with E-state index in [0.717, 1.165) is 24.2 Å². The topological polar surface area (TPSA) is 71.9 Å². The largest absolute Gasteiger partial charge is 0.495 e. The van der Waals surface area contributed by atoms with Crippen molar-refractivity contribution < 1.29 is 19.2 Å². The molecule has 3 N–H and O–H groups in total. The van der Waals surface area contributed by atoms with E-state index in [9.17, 15) is 9.59 Å². The number of halogens is 1. The van der Waals surface area contributed by atoms with Crippen LogP contribution in [-0.4, -0.2) is 44.6 Å². The third kappa shape index (κ3) is 6.11. The Morgan fingerprint density at radius 1 is 1.33 bits per heavy atom. The van der Waals surface area contributed by atoms with Crippen molar-refractivity contribution in [3.63, 3.8) is 0 Å². The van der Waals surface area contributed by atoms with Crippen molar-refractivity contribution in [1.82, 2.24) is 5.32 Å². The first-order valence-corrected chi connectivity index (χ1v) is 9.95. The molecule has 150 valence electrons. The van der Waals surface area contributed by atoms with Crippen LogP contribution in [0, 0.1) is 5.92 Å². The molecule has 0 heterocycles. The second-order valence-electron chi connectivity index (χ2n) is 7.51. The minimum atomic E-state index is -0.314. The number of rotatable bonds is 7. The van der Waals surface area contributed by atoms with Crippen LogP contribution >= 0.6 is 11.6 Å². The maximum atomic E-state index is 12.6. The monoisotopic (exact) mass is 396 g/mol. The van der Waals surface area contributed by atoms with Gasteiger partial charge in [-0.2, -0.15) is 0 Å². The molecule has 1 aromatic rings. The number of hydrogen-bond acceptors (Lipinski definition) is 3. The van der Waals surface area contributed by atoms with E-state index in [-0.39, 0.29) is 30.4 Å². The van der Waals surface area contributed by atoms with Crippen LogP contribution < -0.4 is 20.3 Å². The molecule has 6 nitrogen and oxygen atoms in total. The third-order valence-electron chi connectivity index (χ3n) is 5.45. The first-order valence-electron chi connectivity index (χ1n) is 9.58. The van der Waals surface area contributed by atoms with Crippen molar-refractivity contribution in [1.29, 1.82) is 0 Å². The predicted molar refractivity (Wildman–Crippen MR) is 107 cm³/mol. The second-order valence-corrected chi connectivity index (χ2v) is 7.95. The second kappa shape index (κ2) is 9.95. The molecule has 0 aliphatic heterocycles. The summed E-state index contributed by atoms with van der Waals surface area (Å²) in [4.78, 5) is 25.8. The number of ether oxygens (including phenoxy) is 1. The molecule has 0 saturated heterocycles. The van der Waals surface area contributed by atoms with Crippen molar-refractivity contribution in [2.24, 2.45) is 5.92 Å². The molecule has 0 aromatic heterocycles. The van der Waals surface area contributed by atoms with Crippen molar-refractivity contribution >= 4 is 29.1 Å². The fourth-order valence-electron chi connectivity index (χ4n) is 3.44. The van der Waals surface area contributed by atoms with Crippen LogP contribution in [0.2, 0.25) is 5.02 Å². The molecule has 1 unspecified atom stereocenters. The average molecular weight is 397 g/mol. The van der Waals surface area contributed by atoms with Gasteiger partial charge in [-0.25, -0.2) is 0 Å². The summed E-state index contributed by atoms with van der Waals surface area (Å²) in [6.07, 6.45) is 4.59. The van der Waals surface area contributed by atoms with E-state index in [1.54, 1.807) is 18.2 Å². The van der Waals surface area contributed by atoms with Gasteiger partial charge in [0.15, 0.2) is 12.6 Å². The third-order valence-corrected chi connectivity index (χ3v) is 5.68. The fourth-order valence-corrected chi connectivity index (χ4v) is 3.61. The molecule has 1 fully saturated rings. The molecule has 4 atom stereocenters. The van der Waals surface area contributed by atoms with Crippen LogP contribution in [0.1, 0.15) is 39.5 Å². The van der Waals surface area contributed by atoms with Crippen molar-refractivity contribution in [2.75, 3.05) is 26.0 Å². The summed E-state index contributed by atoms with van der Waals surface area (Å²) >= 11 is 5.99. The number of benzene rings is 1. The van der Waals surface area contributed by atoms with Crippen LogP contribution in [-0.2, 0) is 9.59 Å². The van der Waals surface area contributed by atoms with Gasteiger partial charge in [-0.1, -0.05) is 31.4 Å². The molecule has 27 heavy (non-hydrogen) atoms. The lowest BCUT2D eigenvalue weighted by Crippen LogP contribution is -3.15. The van der Waals surface area contributed by atoms with E-state index in [2.05, 4.69) is 17.6 Å². The van der Waals surface area contributed by atoms with Gasteiger partial charge in [0, 0.05) is 11.1 Å². The Kier molecular flexibility index (Phi) is 7.92. The molecule has 0 spiro atoms. The molecule has 7 heteroatoms. The predicted octanol–water partition coefficient (Wildman–Crippen LogP) is 1.89. The molecule has 2 rings (SSSR count). The van der Waals surface area contributed by atoms with Crippen molar-refractivity contribution in [2.45, 2.75) is 51.6 Å². The highest BCUT2D eigenvalue weighted by molar-refractivity contribution is 6.31. The van der Waals surface area contributed by atoms with Gasteiger partial charge in [0.1, 0.15) is 5.75 Å². The summed E-state index contributed by atoms with van der Waals surface area (Å²) in [6.45, 7) is 4.22. The van der Waals surface area contributed by atoms with Gasteiger partial charge in [-0.15, -0.1) is 0 Å². The first kappa shape index (κ1) is 21.5. The van der Waals surface area contributed by atoms with Gasteiger partial charge in [-0.05, 0) is 43.9 Å². The number of likely N-dealkylation sites (N-methyl/N-ethyl adjacent to an activating group) is 1. The molecular formula is C20H31ClN3O3+. The number of hydrogen-bond donors (Lipinski definition) is 3. The number of carbonyl (C=O) groups excluding carboxylic acids is 2. The van der Waals surface area contributed by atoms with E-state index in [0.29, 0.717) is 22.4 Å². The zero-order valence-corrected chi connectivity index (χ0v) is 17.4. The molecular weight excluding hydrogens is 366 g/mol. The Morgan fingerprint density at radius 2 is 2.04 bits per heavy atom. The van der Waals surface area contributed by atoms with Crippen LogP contribution in [0.4, 0.5) is 5.69 Å². The summed E-state index contributed by atoms with van der Waals surface area (Å²) in [6, 6.07) is 4.98. The highest BCUT2D eigenvalue weighted by Gasteiger charge is 2.29. The maximum Gasteiger partial charge on any atom is 0.279 e. The van der Waals surface area contributed by atoms with Crippen LogP contribution in [0.15, 0.2) is 18.2 Å². The van der Waals surface area contributed by atoms with E-state index >= 15 is 0 Å². The number of anilines is 1. The van der Waals surface area contributed by atoms with Crippen molar-refractivity contribution in [3.8, 4) is 5.75 Å². The van der Waals surface area contributed by atoms with Crippen LogP contribution in [0.3, 0.4) is 0 Å². The molecule has 1 saturated carbocycles. The molecule has 1 aromatic carbocycles. The number of quaternary nitrogens is 1. The van der Waals surface area contributed by atoms with Gasteiger partial charge >= 0.3 is 0 Å². The molecule has 0 radical (unpaired) electrons. The number of methoxy groups -OCH3 is 1. The quantitative estimate of drug-likeness (QED) is 0.659. The summed E-state index contributed by atoms with van der Waals surface area (Å²) in [5.74, 6) is 0.856. The number of amides is 2. The SMILES string of the molecule is COc1ccc(Cl)cc1NC(=O)C[NH+](C)[C@H](C)C(=O)N[C@@H]1CCCC[C@H]1C. The summed E-state index contributed by atoms with van der Waals surface area (Å²) in [7, 11) is 3.39. The summed E-state index contributed by atoms with van der Waals surface area (Å²) in [5.41, 5.74) is 0.524. The summed E-state index contributed by atoms with van der Waals surface area (Å²) in [5, 5.41) is 6.50. The first-order chi connectivity index (χ1) is 12.8. The smallest absolute Gasteiger partial charge is 0.279 e. The lowest BCUT2D eigenvalue weighted by Gasteiger charge is -2.31. The average Bonchev–Trinajstić information content (AvgIpc) is 2.63. The normalized spacial score (nSPS) is 21.8. The lowest BCUT2D eigenvalue weighted by molar-refractivity contribution is -0.885. The zero-order valence-electron chi connectivity index (χ0n) is 16.6. The van der Waals surface area contributed by atoms with Gasteiger partial charge < -0.3 is 20.3 Å². The molecule has 1 aliphatic carbocycles. The Hall–Kier alpha value is -1.79. The molecule has 2 amide bonds.